The van der Waals surface area contributed by atoms with Crippen molar-refractivity contribution in [2.45, 2.75) is 86.9 Å². The summed E-state index contributed by atoms with van der Waals surface area (Å²) in [6.45, 7) is 12.0. The standard InChI is InChI=1S/C22H30NO9.3CH3.Sn/c1-8-28-18(25)15(23-13-24)11-14-9-10-16(29-19(26)31-21(2,3)4)17(12-14)30-20(27)32-22(5,6)7;;;;/h10,12-13,15H,8,11H2,1-7H3,(H,23,24);3*1H3;/t15-;;;;/m0..../s1. The Labute approximate surface area is 217 Å². The molecule has 0 bridgehead atoms. The van der Waals surface area contributed by atoms with E-state index in [0.717, 1.165) is 3.58 Å². The van der Waals surface area contributed by atoms with Crippen LogP contribution >= 0.6 is 0 Å². The Balaban J connectivity index is 3.61. The Morgan fingerprint density at radius 1 is 0.917 bits per heavy atom. The molecular weight excluding hydrogens is 577 g/mol. The van der Waals surface area contributed by atoms with Gasteiger partial charge in [0.1, 0.15) is 0 Å². The molecule has 1 amide bonds. The van der Waals surface area contributed by atoms with Gasteiger partial charge in [0.15, 0.2) is 0 Å². The second-order valence-corrected chi connectivity index (χ2v) is 25.5. The molecule has 0 saturated carbocycles. The molecule has 0 heterocycles. The van der Waals surface area contributed by atoms with E-state index in [1.54, 1.807) is 54.5 Å². The average molecular weight is 616 g/mol. The van der Waals surface area contributed by atoms with E-state index in [-0.39, 0.29) is 24.5 Å². The van der Waals surface area contributed by atoms with Gasteiger partial charge in [0.2, 0.25) is 0 Å². The summed E-state index contributed by atoms with van der Waals surface area (Å²) in [5.41, 5.74) is -0.972. The minimum absolute atomic E-state index is 0.0171. The number of carbonyl (C=O) groups excluding carboxylic acids is 4. The van der Waals surface area contributed by atoms with E-state index in [1.165, 1.54) is 6.07 Å². The molecule has 0 fully saturated rings. The maximum absolute atomic E-state index is 12.5. The van der Waals surface area contributed by atoms with E-state index in [1.807, 2.05) is 0 Å². The second kappa shape index (κ2) is 12.6. The van der Waals surface area contributed by atoms with Crippen LogP contribution in [0.1, 0.15) is 54.0 Å². The summed E-state index contributed by atoms with van der Waals surface area (Å²) in [6.07, 6.45) is -1.45. The Morgan fingerprint density at radius 3 is 1.78 bits per heavy atom. The minimum atomic E-state index is -2.96. The van der Waals surface area contributed by atoms with Crippen LogP contribution in [-0.4, -0.2) is 66.9 Å². The van der Waals surface area contributed by atoms with Crippen molar-refractivity contribution in [3.8, 4) is 11.5 Å². The molecule has 0 aliphatic carbocycles. The summed E-state index contributed by atoms with van der Waals surface area (Å²) >= 11 is -2.96. The van der Waals surface area contributed by atoms with Crippen molar-refractivity contribution in [3.05, 3.63) is 17.7 Å². The molecule has 202 valence electrons. The van der Waals surface area contributed by atoms with Gasteiger partial charge >= 0.3 is 218 Å². The molecule has 0 spiro atoms. The SMILES string of the molecule is CCOC(=O)[C@H](Cc1cc(OC(=O)OC(C)(C)C)c(OC(=O)OC(C)(C)C)c[c]1[Sn]([CH3])([CH3])[CH3])NC=O. The number of carbonyl (C=O) groups is 4. The van der Waals surface area contributed by atoms with Crippen LogP contribution in [0.4, 0.5) is 9.59 Å². The molecule has 0 radical (unpaired) electrons. The second-order valence-electron chi connectivity index (χ2n) is 11.1. The molecular formula is C25H39NO9Sn. The fourth-order valence-corrected chi connectivity index (χ4v) is 7.96. The van der Waals surface area contributed by atoms with Crippen molar-refractivity contribution in [1.29, 1.82) is 0 Å². The van der Waals surface area contributed by atoms with E-state index >= 15 is 0 Å². The van der Waals surface area contributed by atoms with Gasteiger partial charge in [-0.15, -0.1) is 0 Å². The zero-order chi connectivity index (χ0) is 27.9. The number of esters is 1. The number of amides is 1. The van der Waals surface area contributed by atoms with E-state index < -0.39 is 53.9 Å². The van der Waals surface area contributed by atoms with Crippen molar-refractivity contribution < 1.29 is 42.9 Å². The first kappa shape index (κ1) is 31.5. The van der Waals surface area contributed by atoms with Crippen LogP contribution in [-0.2, 0) is 30.2 Å². The van der Waals surface area contributed by atoms with Gasteiger partial charge in [0.25, 0.3) is 0 Å². The molecule has 36 heavy (non-hydrogen) atoms. The summed E-state index contributed by atoms with van der Waals surface area (Å²) < 4.78 is 27.4. The topological polar surface area (TPSA) is 126 Å². The van der Waals surface area contributed by atoms with Crippen LogP contribution < -0.4 is 18.4 Å². The molecule has 1 aromatic rings. The normalized spacial score (nSPS) is 12.7. The molecule has 11 heteroatoms. The molecule has 1 aromatic carbocycles. The number of ether oxygens (including phenoxy) is 5. The third-order valence-corrected chi connectivity index (χ3v) is 10.3. The van der Waals surface area contributed by atoms with Gasteiger partial charge in [0, 0.05) is 0 Å². The number of nitrogens with one attached hydrogen (secondary N) is 1. The molecule has 1 atom stereocenters. The van der Waals surface area contributed by atoms with Crippen LogP contribution in [0, 0.1) is 0 Å². The Hall–Kier alpha value is -2.50. The van der Waals surface area contributed by atoms with Crippen molar-refractivity contribution in [2.75, 3.05) is 6.61 Å². The van der Waals surface area contributed by atoms with Crippen molar-refractivity contribution in [2.24, 2.45) is 0 Å². The molecule has 10 nitrogen and oxygen atoms in total. The van der Waals surface area contributed by atoms with Crippen LogP contribution in [0.25, 0.3) is 0 Å². The summed E-state index contributed by atoms with van der Waals surface area (Å²) in [5, 5.41) is 2.49. The summed E-state index contributed by atoms with van der Waals surface area (Å²) in [6, 6.07) is 2.21. The molecule has 0 unspecified atom stereocenters. The molecule has 0 aromatic heterocycles. The fourth-order valence-electron chi connectivity index (χ4n) is 3.11. The van der Waals surface area contributed by atoms with Crippen LogP contribution in [0.5, 0.6) is 11.5 Å². The van der Waals surface area contributed by atoms with E-state index in [4.69, 9.17) is 23.7 Å². The molecule has 1 N–H and O–H groups in total. The first-order chi connectivity index (χ1) is 16.4. The first-order valence-corrected chi connectivity index (χ1v) is 21.7. The predicted octanol–water partition coefficient (Wildman–Crippen LogP) is 4.08. The van der Waals surface area contributed by atoms with Crippen molar-refractivity contribution >= 4 is 46.6 Å². The maximum atomic E-state index is 12.5. The Kier molecular flexibility index (Phi) is 11.1. The predicted molar refractivity (Wildman–Crippen MR) is 136 cm³/mol. The summed E-state index contributed by atoms with van der Waals surface area (Å²) in [7, 11) is 0. The fraction of sp³-hybridized carbons (Fsp3) is 0.600. The van der Waals surface area contributed by atoms with E-state index in [9.17, 15) is 19.2 Å². The zero-order valence-electron chi connectivity index (χ0n) is 22.9. The van der Waals surface area contributed by atoms with Crippen LogP contribution in [0.15, 0.2) is 12.1 Å². The number of benzene rings is 1. The van der Waals surface area contributed by atoms with E-state index in [0.29, 0.717) is 12.0 Å². The monoisotopic (exact) mass is 617 g/mol. The summed E-state index contributed by atoms with van der Waals surface area (Å²) in [4.78, 5) is 54.9. The Morgan fingerprint density at radius 2 is 1.39 bits per heavy atom. The quantitative estimate of drug-likeness (QED) is 0.144. The molecule has 0 saturated heterocycles. The molecule has 0 aliphatic heterocycles. The number of hydrogen-bond acceptors (Lipinski definition) is 9. The third kappa shape index (κ3) is 11.0. The molecule has 1 rings (SSSR count). The molecule has 0 aliphatic rings. The number of rotatable bonds is 9. The van der Waals surface area contributed by atoms with Gasteiger partial charge in [0.05, 0.1) is 0 Å². The zero-order valence-corrected chi connectivity index (χ0v) is 25.8. The third-order valence-electron chi connectivity index (χ3n) is 4.41. The van der Waals surface area contributed by atoms with E-state index in [2.05, 4.69) is 20.1 Å². The average Bonchev–Trinajstić information content (AvgIpc) is 2.65. The number of hydrogen-bond donors (Lipinski definition) is 1. The Bertz CT molecular complexity index is 956. The van der Waals surface area contributed by atoms with Crippen LogP contribution in [0.2, 0.25) is 14.8 Å². The van der Waals surface area contributed by atoms with Gasteiger partial charge in [-0.1, -0.05) is 0 Å². The van der Waals surface area contributed by atoms with Crippen molar-refractivity contribution in [3.63, 3.8) is 0 Å². The first-order valence-electron chi connectivity index (χ1n) is 11.7. The van der Waals surface area contributed by atoms with Gasteiger partial charge in [-0.2, -0.15) is 0 Å². The van der Waals surface area contributed by atoms with Gasteiger partial charge in [-0.3, -0.25) is 0 Å². The van der Waals surface area contributed by atoms with Crippen LogP contribution in [0.3, 0.4) is 0 Å². The van der Waals surface area contributed by atoms with Crippen molar-refractivity contribution in [1.82, 2.24) is 5.32 Å². The summed E-state index contributed by atoms with van der Waals surface area (Å²) in [5.74, 6) is -0.696. The van der Waals surface area contributed by atoms with Gasteiger partial charge in [-0.25, -0.2) is 0 Å². The van der Waals surface area contributed by atoms with Gasteiger partial charge < -0.3 is 0 Å². The van der Waals surface area contributed by atoms with Gasteiger partial charge in [-0.05, 0) is 0 Å².